The van der Waals surface area contributed by atoms with Gasteiger partial charge in [-0.15, -0.1) is 0 Å². The van der Waals surface area contributed by atoms with Gasteiger partial charge in [-0.3, -0.25) is 4.79 Å². The van der Waals surface area contributed by atoms with Gasteiger partial charge in [0.1, 0.15) is 5.76 Å². The van der Waals surface area contributed by atoms with Crippen molar-refractivity contribution in [2.24, 2.45) is 0 Å². The van der Waals surface area contributed by atoms with E-state index in [1.807, 2.05) is 6.92 Å². The number of hydrogen-bond donors (Lipinski definition) is 1. The van der Waals surface area contributed by atoms with Crippen LogP contribution in [0, 0.1) is 0 Å². The van der Waals surface area contributed by atoms with Crippen LogP contribution in [0.4, 0.5) is 5.69 Å². The standard InChI is InChI=1S/C13H12ClNO2/c1-2-9-4-6-12(17-9)13(16)10-7-8(14)3-5-11(10)15/h3-7H,2,15H2,1H3. The van der Waals surface area contributed by atoms with E-state index in [0.717, 1.165) is 12.2 Å². The largest absolute Gasteiger partial charge is 0.458 e. The SMILES string of the molecule is CCc1ccc(C(=O)c2cc(Cl)ccc2N)o1. The maximum Gasteiger partial charge on any atom is 0.230 e. The van der Waals surface area contributed by atoms with Crippen LogP contribution in [0.5, 0.6) is 0 Å². The predicted octanol–water partition coefficient (Wildman–Crippen LogP) is 3.31. The van der Waals surface area contributed by atoms with Gasteiger partial charge in [-0.25, -0.2) is 0 Å². The second-order valence-electron chi connectivity index (χ2n) is 3.68. The van der Waals surface area contributed by atoms with Gasteiger partial charge in [0, 0.05) is 17.1 Å². The fourth-order valence-electron chi connectivity index (χ4n) is 1.55. The molecule has 0 amide bonds. The van der Waals surface area contributed by atoms with E-state index < -0.39 is 0 Å². The Labute approximate surface area is 104 Å². The van der Waals surface area contributed by atoms with Crippen LogP contribution < -0.4 is 5.73 Å². The molecule has 0 atom stereocenters. The van der Waals surface area contributed by atoms with Crippen molar-refractivity contribution in [1.82, 2.24) is 0 Å². The Bertz CT molecular complexity index is 560. The zero-order chi connectivity index (χ0) is 12.4. The summed E-state index contributed by atoms with van der Waals surface area (Å²) in [6, 6.07) is 8.25. The molecule has 4 heteroatoms. The summed E-state index contributed by atoms with van der Waals surface area (Å²) in [7, 11) is 0. The number of carbonyl (C=O) groups is 1. The summed E-state index contributed by atoms with van der Waals surface area (Å²) in [5.41, 5.74) is 6.51. The van der Waals surface area contributed by atoms with Gasteiger partial charge in [-0.2, -0.15) is 0 Å². The first-order valence-corrected chi connectivity index (χ1v) is 5.68. The van der Waals surface area contributed by atoms with Crippen molar-refractivity contribution in [1.29, 1.82) is 0 Å². The Morgan fingerprint density at radius 2 is 2.12 bits per heavy atom. The number of furan rings is 1. The lowest BCUT2D eigenvalue weighted by Crippen LogP contribution is -2.04. The quantitative estimate of drug-likeness (QED) is 0.671. The number of rotatable bonds is 3. The molecule has 0 saturated heterocycles. The second-order valence-corrected chi connectivity index (χ2v) is 4.12. The van der Waals surface area contributed by atoms with Crippen LogP contribution in [0.3, 0.4) is 0 Å². The van der Waals surface area contributed by atoms with E-state index in [0.29, 0.717) is 16.3 Å². The predicted molar refractivity (Wildman–Crippen MR) is 67.4 cm³/mol. The molecular weight excluding hydrogens is 238 g/mol. The van der Waals surface area contributed by atoms with Gasteiger partial charge in [0.05, 0.1) is 5.56 Å². The molecule has 0 radical (unpaired) electrons. The molecule has 88 valence electrons. The second kappa shape index (κ2) is 4.63. The summed E-state index contributed by atoms with van der Waals surface area (Å²) in [4.78, 5) is 12.1. The molecule has 17 heavy (non-hydrogen) atoms. The number of nitrogens with two attached hydrogens (primary N) is 1. The van der Waals surface area contributed by atoms with E-state index >= 15 is 0 Å². The van der Waals surface area contributed by atoms with Gasteiger partial charge in [0.25, 0.3) is 0 Å². The third-order valence-electron chi connectivity index (χ3n) is 2.49. The zero-order valence-corrected chi connectivity index (χ0v) is 10.1. The van der Waals surface area contributed by atoms with E-state index in [9.17, 15) is 4.79 Å². The van der Waals surface area contributed by atoms with E-state index in [-0.39, 0.29) is 11.5 Å². The summed E-state index contributed by atoms with van der Waals surface area (Å²) < 4.78 is 5.40. The summed E-state index contributed by atoms with van der Waals surface area (Å²) in [5, 5.41) is 0.477. The van der Waals surface area contributed by atoms with E-state index in [1.165, 1.54) is 0 Å². The minimum absolute atomic E-state index is 0.246. The minimum Gasteiger partial charge on any atom is -0.458 e. The third-order valence-corrected chi connectivity index (χ3v) is 2.73. The molecule has 0 spiro atoms. The van der Waals surface area contributed by atoms with Crippen molar-refractivity contribution in [3.8, 4) is 0 Å². The molecule has 1 aromatic carbocycles. The number of nitrogen functional groups attached to an aromatic ring is 1. The molecule has 0 aliphatic carbocycles. The first-order valence-electron chi connectivity index (χ1n) is 5.30. The highest BCUT2D eigenvalue weighted by Crippen LogP contribution is 2.22. The highest BCUT2D eigenvalue weighted by molar-refractivity contribution is 6.31. The Hall–Kier alpha value is -1.74. The van der Waals surface area contributed by atoms with Crippen LogP contribution in [-0.4, -0.2) is 5.78 Å². The molecule has 0 saturated carbocycles. The molecule has 1 aromatic heterocycles. The molecule has 1 heterocycles. The van der Waals surface area contributed by atoms with Crippen molar-refractivity contribution in [3.05, 3.63) is 52.4 Å². The molecule has 2 rings (SSSR count). The van der Waals surface area contributed by atoms with Crippen molar-refractivity contribution in [2.45, 2.75) is 13.3 Å². The lowest BCUT2D eigenvalue weighted by molar-refractivity contribution is 0.101. The molecule has 2 N–H and O–H groups in total. The average Bonchev–Trinajstić information content (AvgIpc) is 2.80. The molecule has 0 aliphatic heterocycles. The van der Waals surface area contributed by atoms with E-state index in [2.05, 4.69) is 0 Å². The number of carbonyl (C=O) groups excluding carboxylic acids is 1. The third kappa shape index (κ3) is 2.34. The smallest absolute Gasteiger partial charge is 0.230 e. The van der Waals surface area contributed by atoms with Gasteiger partial charge >= 0.3 is 0 Å². The van der Waals surface area contributed by atoms with Gasteiger partial charge in [-0.1, -0.05) is 18.5 Å². The number of benzene rings is 1. The molecular formula is C13H12ClNO2. The topological polar surface area (TPSA) is 56.2 Å². The van der Waals surface area contributed by atoms with Crippen LogP contribution in [0.25, 0.3) is 0 Å². The first-order chi connectivity index (χ1) is 8.11. The summed E-state index contributed by atoms with van der Waals surface area (Å²) in [6.07, 6.45) is 0.748. The Morgan fingerprint density at radius 1 is 1.35 bits per heavy atom. The van der Waals surface area contributed by atoms with Gasteiger partial charge < -0.3 is 10.2 Å². The molecule has 0 fully saturated rings. The zero-order valence-electron chi connectivity index (χ0n) is 9.37. The van der Waals surface area contributed by atoms with Crippen molar-refractivity contribution in [3.63, 3.8) is 0 Å². The van der Waals surface area contributed by atoms with Crippen LogP contribution >= 0.6 is 11.6 Å². The fourth-order valence-corrected chi connectivity index (χ4v) is 1.72. The van der Waals surface area contributed by atoms with Crippen molar-refractivity contribution in [2.75, 3.05) is 5.73 Å². The van der Waals surface area contributed by atoms with Crippen LogP contribution in [-0.2, 0) is 6.42 Å². The molecule has 0 bridgehead atoms. The number of anilines is 1. The van der Waals surface area contributed by atoms with Crippen molar-refractivity contribution < 1.29 is 9.21 Å². The van der Waals surface area contributed by atoms with Crippen LogP contribution in [0.15, 0.2) is 34.7 Å². The summed E-state index contributed by atoms with van der Waals surface area (Å²) >= 11 is 5.84. The number of ketones is 1. The molecule has 3 nitrogen and oxygen atoms in total. The molecule has 0 aliphatic rings. The van der Waals surface area contributed by atoms with E-state index in [4.69, 9.17) is 21.8 Å². The number of hydrogen-bond acceptors (Lipinski definition) is 3. The maximum absolute atomic E-state index is 12.1. The highest BCUT2D eigenvalue weighted by atomic mass is 35.5. The number of halogens is 1. The summed E-state index contributed by atoms with van der Waals surface area (Å²) in [6.45, 7) is 1.96. The Balaban J connectivity index is 2.39. The monoisotopic (exact) mass is 249 g/mol. The van der Waals surface area contributed by atoms with Crippen molar-refractivity contribution >= 4 is 23.1 Å². The molecule has 0 unspecified atom stereocenters. The fraction of sp³-hybridized carbons (Fsp3) is 0.154. The van der Waals surface area contributed by atoms with Crippen LogP contribution in [0.2, 0.25) is 5.02 Å². The molecule has 2 aromatic rings. The van der Waals surface area contributed by atoms with Gasteiger partial charge in [0.2, 0.25) is 5.78 Å². The Kier molecular flexibility index (Phi) is 3.20. The first kappa shape index (κ1) is 11.7. The van der Waals surface area contributed by atoms with E-state index in [1.54, 1.807) is 30.3 Å². The summed E-state index contributed by atoms with van der Waals surface area (Å²) in [5.74, 6) is 0.814. The maximum atomic E-state index is 12.1. The average molecular weight is 250 g/mol. The lowest BCUT2D eigenvalue weighted by Gasteiger charge is -2.03. The van der Waals surface area contributed by atoms with Gasteiger partial charge in [0.15, 0.2) is 5.76 Å². The van der Waals surface area contributed by atoms with Crippen LogP contribution in [0.1, 0.15) is 28.8 Å². The highest BCUT2D eigenvalue weighted by Gasteiger charge is 2.16. The normalized spacial score (nSPS) is 10.5. The minimum atomic E-state index is -0.246. The number of aryl methyl sites for hydroxylation is 1. The lowest BCUT2D eigenvalue weighted by atomic mass is 10.1. The Morgan fingerprint density at radius 3 is 2.76 bits per heavy atom. The van der Waals surface area contributed by atoms with Gasteiger partial charge in [-0.05, 0) is 30.3 Å².